The SMILES string of the molecule is CC(C)(C)c1ccc2ncoc2c1.CC(C)(C)c1ccc2ocnc2c1. The van der Waals surface area contributed by atoms with Gasteiger partial charge in [0.1, 0.15) is 11.0 Å². The Labute approximate surface area is 154 Å². The van der Waals surface area contributed by atoms with Gasteiger partial charge in [0, 0.05) is 0 Å². The molecule has 4 aromatic rings. The standard InChI is InChI=1S/2C11H13NO/c1-11(2,3)8-4-5-10-9(6-8)12-7-13-10;1-11(2,3)8-4-5-9-10(6-8)13-7-12-9/h2*4-7H,1-3H3. The number of nitrogens with zero attached hydrogens (tertiary/aromatic N) is 2. The second-order valence-corrected chi connectivity index (χ2v) is 8.57. The Balaban J connectivity index is 0.000000151. The maximum atomic E-state index is 5.24. The van der Waals surface area contributed by atoms with Gasteiger partial charge in [0.05, 0.1) is 0 Å². The van der Waals surface area contributed by atoms with Crippen molar-refractivity contribution in [3.05, 3.63) is 60.3 Å². The highest BCUT2D eigenvalue weighted by molar-refractivity contribution is 5.73. The van der Waals surface area contributed by atoms with Gasteiger partial charge >= 0.3 is 0 Å². The lowest BCUT2D eigenvalue weighted by molar-refractivity contribution is 0.580. The third-order valence-corrected chi connectivity index (χ3v) is 4.39. The summed E-state index contributed by atoms with van der Waals surface area (Å²) in [5, 5.41) is 0. The first-order chi connectivity index (χ1) is 12.1. The molecular weight excluding hydrogens is 324 g/mol. The molecule has 0 saturated carbocycles. The third-order valence-electron chi connectivity index (χ3n) is 4.39. The molecule has 136 valence electrons. The Morgan fingerprint density at radius 3 is 1.81 bits per heavy atom. The van der Waals surface area contributed by atoms with E-state index in [4.69, 9.17) is 8.83 Å². The van der Waals surface area contributed by atoms with E-state index in [-0.39, 0.29) is 10.8 Å². The van der Waals surface area contributed by atoms with Crippen molar-refractivity contribution in [1.82, 2.24) is 9.97 Å². The van der Waals surface area contributed by atoms with Crippen LogP contribution in [0.5, 0.6) is 0 Å². The molecule has 0 spiro atoms. The summed E-state index contributed by atoms with van der Waals surface area (Å²) in [7, 11) is 0. The van der Waals surface area contributed by atoms with Crippen molar-refractivity contribution in [1.29, 1.82) is 0 Å². The van der Waals surface area contributed by atoms with Gasteiger partial charge in [-0.2, -0.15) is 0 Å². The average molecular weight is 350 g/mol. The van der Waals surface area contributed by atoms with Crippen LogP contribution in [0.1, 0.15) is 52.7 Å². The average Bonchev–Trinajstić information content (AvgIpc) is 3.21. The molecule has 0 N–H and O–H groups in total. The maximum absolute atomic E-state index is 5.24. The molecule has 0 unspecified atom stereocenters. The quantitative estimate of drug-likeness (QED) is 0.376. The lowest BCUT2D eigenvalue weighted by Gasteiger charge is -2.18. The second kappa shape index (κ2) is 6.60. The summed E-state index contributed by atoms with van der Waals surface area (Å²) in [6.07, 6.45) is 2.97. The Morgan fingerprint density at radius 1 is 0.615 bits per heavy atom. The summed E-state index contributed by atoms with van der Waals surface area (Å²) >= 11 is 0. The molecule has 0 aliphatic rings. The fourth-order valence-corrected chi connectivity index (χ4v) is 2.65. The van der Waals surface area contributed by atoms with Gasteiger partial charge < -0.3 is 8.83 Å². The molecular formula is C22H26N2O2. The first-order valence-electron chi connectivity index (χ1n) is 8.82. The van der Waals surface area contributed by atoms with Crippen molar-refractivity contribution in [3.63, 3.8) is 0 Å². The van der Waals surface area contributed by atoms with Gasteiger partial charge in [0.2, 0.25) is 0 Å². The molecule has 26 heavy (non-hydrogen) atoms. The van der Waals surface area contributed by atoms with Gasteiger partial charge in [0.15, 0.2) is 24.0 Å². The van der Waals surface area contributed by atoms with Crippen LogP contribution < -0.4 is 0 Å². The zero-order chi connectivity index (χ0) is 18.9. The van der Waals surface area contributed by atoms with Gasteiger partial charge in [-0.3, -0.25) is 0 Å². The van der Waals surface area contributed by atoms with E-state index < -0.39 is 0 Å². The maximum Gasteiger partial charge on any atom is 0.181 e. The summed E-state index contributed by atoms with van der Waals surface area (Å²) in [6.45, 7) is 13.1. The lowest BCUT2D eigenvalue weighted by Crippen LogP contribution is -2.10. The van der Waals surface area contributed by atoms with E-state index in [1.54, 1.807) is 0 Å². The first-order valence-corrected chi connectivity index (χ1v) is 8.82. The largest absolute Gasteiger partial charge is 0.443 e. The van der Waals surface area contributed by atoms with Gasteiger partial charge in [-0.15, -0.1) is 0 Å². The molecule has 2 aromatic heterocycles. The number of hydrogen-bond acceptors (Lipinski definition) is 4. The van der Waals surface area contributed by atoms with E-state index in [2.05, 4.69) is 75.8 Å². The molecule has 0 amide bonds. The Hall–Kier alpha value is -2.62. The van der Waals surface area contributed by atoms with E-state index in [1.165, 1.54) is 23.9 Å². The summed E-state index contributed by atoms with van der Waals surface area (Å²) in [5.74, 6) is 0. The van der Waals surface area contributed by atoms with Crippen molar-refractivity contribution in [2.24, 2.45) is 0 Å². The normalized spacial score (nSPS) is 12.2. The van der Waals surface area contributed by atoms with Crippen molar-refractivity contribution in [2.45, 2.75) is 52.4 Å². The monoisotopic (exact) mass is 350 g/mol. The molecule has 0 fully saturated rings. The highest BCUT2D eigenvalue weighted by Crippen LogP contribution is 2.26. The molecule has 0 bridgehead atoms. The second-order valence-electron chi connectivity index (χ2n) is 8.57. The van der Waals surface area contributed by atoms with Gasteiger partial charge in [-0.1, -0.05) is 53.7 Å². The highest BCUT2D eigenvalue weighted by Gasteiger charge is 2.15. The molecule has 4 nitrogen and oxygen atoms in total. The van der Waals surface area contributed by atoms with Crippen LogP contribution in [-0.2, 0) is 10.8 Å². The fraction of sp³-hybridized carbons (Fsp3) is 0.364. The number of oxazole rings is 2. The molecule has 0 atom stereocenters. The van der Waals surface area contributed by atoms with Crippen LogP contribution in [0.25, 0.3) is 22.2 Å². The molecule has 4 rings (SSSR count). The summed E-state index contributed by atoms with van der Waals surface area (Å²) in [6, 6.07) is 12.3. The first kappa shape index (κ1) is 18.2. The summed E-state index contributed by atoms with van der Waals surface area (Å²) in [5.41, 5.74) is 6.49. The minimum Gasteiger partial charge on any atom is -0.443 e. The number of aromatic nitrogens is 2. The molecule has 0 aliphatic heterocycles. The Kier molecular flexibility index (Phi) is 4.61. The Morgan fingerprint density at radius 2 is 1.15 bits per heavy atom. The van der Waals surface area contributed by atoms with E-state index in [1.807, 2.05) is 12.1 Å². The van der Waals surface area contributed by atoms with Gasteiger partial charge in [-0.25, -0.2) is 9.97 Å². The van der Waals surface area contributed by atoms with Gasteiger partial charge in [0.25, 0.3) is 0 Å². The van der Waals surface area contributed by atoms with Crippen LogP contribution in [0.4, 0.5) is 0 Å². The van der Waals surface area contributed by atoms with E-state index in [0.29, 0.717) is 0 Å². The van der Waals surface area contributed by atoms with Gasteiger partial charge in [-0.05, 0) is 46.2 Å². The van der Waals surface area contributed by atoms with Crippen molar-refractivity contribution in [3.8, 4) is 0 Å². The molecule has 2 heterocycles. The van der Waals surface area contributed by atoms with Crippen LogP contribution in [0.3, 0.4) is 0 Å². The van der Waals surface area contributed by atoms with Crippen molar-refractivity contribution in [2.75, 3.05) is 0 Å². The summed E-state index contributed by atoms with van der Waals surface area (Å²) in [4.78, 5) is 8.20. The topological polar surface area (TPSA) is 52.1 Å². The number of hydrogen-bond donors (Lipinski definition) is 0. The molecule has 0 saturated heterocycles. The van der Waals surface area contributed by atoms with E-state index in [9.17, 15) is 0 Å². The molecule has 0 radical (unpaired) electrons. The molecule has 2 aromatic carbocycles. The smallest absolute Gasteiger partial charge is 0.181 e. The third kappa shape index (κ3) is 3.96. The van der Waals surface area contributed by atoms with Crippen LogP contribution >= 0.6 is 0 Å². The van der Waals surface area contributed by atoms with Crippen molar-refractivity contribution >= 4 is 22.2 Å². The zero-order valence-electron chi connectivity index (χ0n) is 16.3. The van der Waals surface area contributed by atoms with Crippen LogP contribution in [0.15, 0.2) is 58.0 Å². The van der Waals surface area contributed by atoms with Crippen molar-refractivity contribution < 1.29 is 8.83 Å². The molecule has 4 heteroatoms. The fourth-order valence-electron chi connectivity index (χ4n) is 2.65. The summed E-state index contributed by atoms with van der Waals surface area (Å²) < 4.78 is 10.4. The van der Waals surface area contributed by atoms with E-state index in [0.717, 1.165) is 22.2 Å². The molecule has 0 aliphatic carbocycles. The number of fused-ring (bicyclic) bond motifs is 2. The lowest BCUT2D eigenvalue weighted by atomic mass is 9.87. The number of rotatable bonds is 0. The van der Waals surface area contributed by atoms with Crippen LogP contribution in [0.2, 0.25) is 0 Å². The minimum absolute atomic E-state index is 0.168. The number of benzene rings is 2. The zero-order valence-corrected chi connectivity index (χ0v) is 16.3. The minimum atomic E-state index is 0.168. The predicted octanol–water partition coefficient (Wildman–Crippen LogP) is 6.25. The Bertz CT molecular complexity index is 930. The van der Waals surface area contributed by atoms with Crippen LogP contribution in [0, 0.1) is 0 Å². The predicted molar refractivity (Wildman–Crippen MR) is 105 cm³/mol. The van der Waals surface area contributed by atoms with E-state index >= 15 is 0 Å². The highest BCUT2D eigenvalue weighted by atomic mass is 16.3. The van der Waals surface area contributed by atoms with Crippen LogP contribution in [-0.4, -0.2) is 9.97 Å².